The fourth-order valence-corrected chi connectivity index (χ4v) is 6.79. The number of ether oxygens (including phenoxy) is 2. The van der Waals surface area contributed by atoms with E-state index in [1.165, 1.54) is 0 Å². The van der Waals surface area contributed by atoms with Crippen LogP contribution in [-0.2, 0) is 19.1 Å². The number of aromatic nitrogens is 2. The van der Waals surface area contributed by atoms with Gasteiger partial charge in [0.05, 0.1) is 12.6 Å². The zero-order valence-corrected chi connectivity index (χ0v) is 27.6. The lowest BCUT2D eigenvalue weighted by molar-refractivity contribution is -0.168. The third-order valence-corrected chi connectivity index (χ3v) is 9.50. The number of hydrogen-bond donors (Lipinski definition) is 0. The van der Waals surface area contributed by atoms with Gasteiger partial charge in [0, 0.05) is 65.0 Å². The van der Waals surface area contributed by atoms with Crippen LogP contribution in [0.5, 0.6) is 0 Å². The van der Waals surface area contributed by atoms with E-state index in [9.17, 15) is 14.4 Å². The second-order valence-electron chi connectivity index (χ2n) is 11.9. The van der Waals surface area contributed by atoms with Gasteiger partial charge in [0.15, 0.2) is 0 Å². The maximum atomic E-state index is 13.8. The summed E-state index contributed by atoms with van der Waals surface area (Å²) >= 11 is 0. The molecule has 12 heteroatoms. The molecular formula is C32H53N7O5. The van der Waals surface area contributed by atoms with Gasteiger partial charge < -0.3 is 34.0 Å². The molecule has 44 heavy (non-hydrogen) atoms. The number of anilines is 3. The predicted molar refractivity (Wildman–Crippen MR) is 171 cm³/mol. The minimum Gasteiger partial charge on any atom is -0.465 e. The van der Waals surface area contributed by atoms with Crippen LogP contribution in [0.1, 0.15) is 79.6 Å². The van der Waals surface area contributed by atoms with Crippen molar-refractivity contribution in [3.63, 3.8) is 0 Å². The number of piperazine rings is 1. The Balaban J connectivity index is 1.36. The molecule has 0 aromatic carbocycles. The van der Waals surface area contributed by atoms with Crippen molar-refractivity contribution < 1.29 is 23.9 Å². The molecule has 246 valence electrons. The quantitative estimate of drug-likeness (QED) is 0.253. The third-order valence-electron chi connectivity index (χ3n) is 9.50. The minimum absolute atomic E-state index is 0.135. The summed E-state index contributed by atoms with van der Waals surface area (Å²) in [7, 11) is 0. The van der Waals surface area contributed by atoms with E-state index in [0.717, 1.165) is 75.9 Å². The molecule has 2 aliphatic heterocycles. The molecule has 3 heterocycles. The highest BCUT2D eigenvalue weighted by Crippen LogP contribution is 2.41. The molecule has 3 aliphatic rings. The van der Waals surface area contributed by atoms with Crippen LogP contribution in [-0.4, -0.2) is 116 Å². The van der Waals surface area contributed by atoms with Gasteiger partial charge in [0.2, 0.25) is 11.9 Å². The van der Waals surface area contributed by atoms with Gasteiger partial charge in [-0.2, -0.15) is 9.97 Å². The summed E-state index contributed by atoms with van der Waals surface area (Å²) in [6, 6.07) is 1.83. The topological polar surface area (TPSA) is 112 Å². The number of hydrogen-bond acceptors (Lipinski definition) is 10. The van der Waals surface area contributed by atoms with Crippen molar-refractivity contribution in [3.05, 3.63) is 6.07 Å². The fourth-order valence-electron chi connectivity index (χ4n) is 6.79. The van der Waals surface area contributed by atoms with E-state index >= 15 is 0 Å². The molecule has 1 unspecified atom stereocenters. The Kier molecular flexibility index (Phi) is 11.9. The zero-order chi connectivity index (χ0) is 31.7. The van der Waals surface area contributed by atoms with Gasteiger partial charge in [-0.3, -0.25) is 9.59 Å². The molecule has 12 nitrogen and oxygen atoms in total. The van der Waals surface area contributed by atoms with E-state index < -0.39 is 11.4 Å². The fraction of sp³-hybridized carbons (Fsp3) is 0.781. The Morgan fingerprint density at radius 1 is 0.841 bits per heavy atom. The molecule has 2 saturated heterocycles. The van der Waals surface area contributed by atoms with Crippen LogP contribution < -0.4 is 14.7 Å². The summed E-state index contributed by atoms with van der Waals surface area (Å²) in [5.41, 5.74) is -1.10. The van der Waals surface area contributed by atoms with Crippen LogP contribution in [0.15, 0.2) is 6.07 Å². The Morgan fingerprint density at radius 2 is 1.50 bits per heavy atom. The van der Waals surface area contributed by atoms with Crippen molar-refractivity contribution >= 4 is 35.6 Å². The van der Waals surface area contributed by atoms with E-state index in [-0.39, 0.29) is 31.3 Å². The van der Waals surface area contributed by atoms with Crippen molar-refractivity contribution in [3.8, 4) is 0 Å². The Labute approximate surface area is 263 Å². The van der Waals surface area contributed by atoms with Crippen molar-refractivity contribution in [2.75, 3.05) is 86.8 Å². The number of esters is 1. The van der Waals surface area contributed by atoms with Crippen LogP contribution in [0.2, 0.25) is 0 Å². The maximum absolute atomic E-state index is 13.8. The lowest BCUT2D eigenvalue weighted by Crippen LogP contribution is -2.53. The van der Waals surface area contributed by atoms with Crippen molar-refractivity contribution in [2.24, 2.45) is 5.41 Å². The van der Waals surface area contributed by atoms with E-state index in [2.05, 4.69) is 48.5 Å². The number of nitrogens with zero attached hydrogens (tertiary/aromatic N) is 7. The number of carbonyl (C=O) groups is 3. The molecule has 2 amide bonds. The molecule has 1 aliphatic carbocycles. The molecule has 3 fully saturated rings. The van der Waals surface area contributed by atoms with E-state index in [0.29, 0.717) is 45.6 Å². The van der Waals surface area contributed by atoms with Gasteiger partial charge >= 0.3 is 12.1 Å². The average Bonchev–Trinajstić information content (AvgIpc) is 3.53. The molecule has 1 aromatic heterocycles. The first kappa shape index (κ1) is 33.6. The average molecular weight is 616 g/mol. The largest absolute Gasteiger partial charge is 0.465 e. The van der Waals surface area contributed by atoms with Crippen molar-refractivity contribution in [1.82, 2.24) is 19.8 Å². The number of amides is 2. The van der Waals surface area contributed by atoms with Gasteiger partial charge in [-0.1, -0.05) is 19.3 Å². The van der Waals surface area contributed by atoms with Gasteiger partial charge in [0.1, 0.15) is 23.7 Å². The van der Waals surface area contributed by atoms with Crippen LogP contribution in [0.4, 0.5) is 22.4 Å². The first-order valence-corrected chi connectivity index (χ1v) is 16.9. The van der Waals surface area contributed by atoms with Gasteiger partial charge in [0.25, 0.3) is 0 Å². The van der Waals surface area contributed by atoms with Gasteiger partial charge in [-0.25, -0.2) is 4.79 Å². The van der Waals surface area contributed by atoms with Gasteiger partial charge in [-0.05, 0) is 60.3 Å². The first-order chi connectivity index (χ1) is 21.3. The minimum atomic E-state index is -1.10. The smallest absolute Gasteiger partial charge is 0.409 e. The molecule has 4 rings (SSSR count). The number of rotatable bonds is 12. The second-order valence-corrected chi connectivity index (χ2v) is 11.9. The second kappa shape index (κ2) is 15.6. The van der Waals surface area contributed by atoms with Gasteiger partial charge in [-0.15, -0.1) is 0 Å². The summed E-state index contributed by atoms with van der Waals surface area (Å²) in [5, 5.41) is 0. The first-order valence-electron chi connectivity index (χ1n) is 16.9. The lowest BCUT2D eigenvalue weighted by Gasteiger charge is -2.38. The summed E-state index contributed by atoms with van der Waals surface area (Å²) in [6.45, 7) is 16.9. The summed E-state index contributed by atoms with van der Waals surface area (Å²) in [4.78, 5) is 59.9. The SMILES string of the molecule is CCOC(=O)C1(C(=O)N2CCCC2COC(=O)N2CCN(c3cc(N(CC)CC)nc(N(CC)CC)n3)CC2)CCCCC1. The van der Waals surface area contributed by atoms with Crippen LogP contribution in [0.3, 0.4) is 0 Å². The molecule has 1 atom stereocenters. The van der Waals surface area contributed by atoms with Crippen LogP contribution in [0.25, 0.3) is 0 Å². The molecule has 0 radical (unpaired) electrons. The van der Waals surface area contributed by atoms with E-state index in [1.807, 2.05) is 0 Å². The van der Waals surface area contributed by atoms with E-state index in [1.54, 1.807) is 16.7 Å². The monoisotopic (exact) mass is 615 g/mol. The molecule has 1 aromatic rings. The summed E-state index contributed by atoms with van der Waals surface area (Å²) < 4.78 is 11.2. The van der Waals surface area contributed by atoms with Crippen LogP contribution in [0, 0.1) is 5.41 Å². The highest BCUT2D eigenvalue weighted by molar-refractivity contribution is 6.03. The molecule has 1 saturated carbocycles. The maximum Gasteiger partial charge on any atom is 0.409 e. The normalized spacial score (nSPS) is 19.9. The Bertz CT molecular complexity index is 1080. The predicted octanol–water partition coefficient (Wildman–Crippen LogP) is 3.93. The highest BCUT2D eigenvalue weighted by Gasteiger charge is 2.51. The third kappa shape index (κ3) is 7.31. The molecular weight excluding hydrogens is 562 g/mol. The Hall–Kier alpha value is -3.31. The molecule has 0 N–H and O–H groups in total. The van der Waals surface area contributed by atoms with Crippen molar-refractivity contribution in [2.45, 2.75) is 85.6 Å². The lowest BCUT2D eigenvalue weighted by atomic mass is 9.72. The number of carbonyl (C=O) groups excluding carboxylic acids is 3. The highest BCUT2D eigenvalue weighted by atomic mass is 16.6. The van der Waals surface area contributed by atoms with E-state index in [4.69, 9.17) is 19.4 Å². The standard InChI is InChI=1S/C32H53N7O5/c1-6-35(7-2)26-23-27(34-30(33-26)36(8-3)9-4)37-19-21-38(22-20-37)31(42)44-24-25-15-14-18-39(25)28(40)32(29(41)43-10-5)16-12-11-13-17-32/h23,25H,6-22,24H2,1-5H3. The Morgan fingerprint density at radius 3 is 2.11 bits per heavy atom. The number of likely N-dealkylation sites (tertiary alicyclic amines) is 1. The zero-order valence-electron chi connectivity index (χ0n) is 27.6. The summed E-state index contributed by atoms with van der Waals surface area (Å²) in [5.74, 6) is 1.96. The summed E-state index contributed by atoms with van der Waals surface area (Å²) in [6.07, 6.45) is 4.97. The molecule has 0 spiro atoms. The van der Waals surface area contributed by atoms with Crippen LogP contribution >= 0.6 is 0 Å². The van der Waals surface area contributed by atoms with Crippen molar-refractivity contribution in [1.29, 1.82) is 0 Å². The molecule has 0 bridgehead atoms.